The van der Waals surface area contributed by atoms with Gasteiger partial charge >= 0.3 is 0 Å². The minimum Gasteiger partial charge on any atom is -0.322 e. The van der Waals surface area contributed by atoms with Crippen LogP contribution < -0.4 is 5.32 Å². The highest BCUT2D eigenvalue weighted by Crippen LogP contribution is 2.20. The van der Waals surface area contributed by atoms with Gasteiger partial charge in [-0.25, -0.2) is 0 Å². The van der Waals surface area contributed by atoms with Crippen LogP contribution in [0.3, 0.4) is 0 Å². The van der Waals surface area contributed by atoms with Crippen molar-refractivity contribution in [3.05, 3.63) is 64.7 Å². The first-order valence-corrected chi connectivity index (χ1v) is 5.68. The summed E-state index contributed by atoms with van der Waals surface area (Å²) in [4.78, 5) is 12.1. The van der Waals surface area contributed by atoms with Gasteiger partial charge in [0.15, 0.2) is 0 Å². The van der Waals surface area contributed by atoms with Crippen LogP contribution >= 0.6 is 11.6 Å². The van der Waals surface area contributed by atoms with E-state index in [0.717, 1.165) is 11.3 Å². The number of carbonyl (C=O) groups is 1. The van der Waals surface area contributed by atoms with Crippen molar-refractivity contribution in [2.24, 2.45) is 0 Å². The molecular weight excluding hydrogens is 234 g/mol. The number of nitrogens with one attached hydrogen (secondary N) is 1. The summed E-state index contributed by atoms with van der Waals surface area (Å²) in [7, 11) is 0. The summed E-state index contributed by atoms with van der Waals surface area (Å²) in [6.45, 7) is 1.87. The van der Waals surface area contributed by atoms with Crippen LogP contribution in [0.5, 0.6) is 0 Å². The average molecular weight is 246 g/mol. The van der Waals surface area contributed by atoms with Crippen molar-refractivity contribution in [2.45, 2.75) is 6.92 Å². The largest absolute Gasteiger partial charge is 0.322 e. The van der Waals surface area contributed by atoms with Gasteiger partial charge in [-0.15, -0.1) is 0 Å². The molecule has 0 aliphatic rings. The molecule has 86 valence electrons. The summed E-state index contributed by atoms with van der Waals surface area (Å²) in [5.41, 5.74) is 2.15. The number of benzene rings is 2. The zero-order chi connectivity index (χ0) is 12.3. The molecule has 2 nitrogen and oxygen atoms in total. The van der Waals surface area contributed by atoms with Gasteiger partial charge in [-0.05, 0) is 30.7 Å². The fourth-order valence-corrected chi connectivity index (χ4v) is 1.94. The Kier molecular flexibility index (Phi) is 3.45. The fraction of sp³-hybridized carbons (Fsp3) is 0.0714. The van der Waals surface area contributed by atoms with Crippen LogP contribution in [0.2, 0.25) is 5.02 Å². The molecule has 0 radical (unpaired) electrons. The van der Waals surface area contributed by atoms with E-state index in [-0.39, 0.29) is 5.91 Å². The number of hydrogen-bond donors (Lipinski definition) is 1. The quantitative estimate of drug-likeness (QED) is 0.854. The molecule has 0 aliphatic heterocycles. The second-order valence-corrected chi connectivity index (χ2v) is 4.16. The monoisotopic (exact) mass is 245 g/mol. The molecule has 0 saturated carbocycles. The van der Waals surface area contributed by atoms with Crippen molar-refractivity contribution in [3.63, 3.8) is 0 Å². The average Bonchev–Trinajstić information content (AvgIpc) is 2.30. The highest BCUT2D eigenvalue weighted by molar-refractivity contribution is 6.34. The van der Waals surface area contributed by atoms with E-state index in [4.69, 9.17) is 11.6 Å². The lowest BCUT2D eigenvalue weighted by Gasteiger charge is -2.09. The zero-order valence-corrected chi connectivity index (χ0v) is 10.2. The first-order chi connectivity index (χ1) is 8.18. The summed E-state index contributed by atoms with van der Waals surface area (Å²) < 4.78 is 0. The second-order valence-electron chi connectivity index (χ2n) is 3.75. The van der Waals surface area contributed by atoms with Crippen molar-refractivity contribution in [1.82, 2.24) is 0 Å². The zero-order valence-electron chi connectivity index (χ0n) is 9.41. The number of halogens is 1. The number of carbonyl (C=O) groups excluding carboxylic acids is 1. The maximum atomic E-state index is 12.1. The number of amides is 1. The van der Waals surface area contributed by atoms with E-state index in [9.17, 15) is 4.79 Å². The third-order valence-electron chi connectivity index (χ3n) is 2.48. The van der Waals surface area contributed by atoms with E-state index in [1.165, 1.54) is 0 Å². The Bertz CT molecular complexity index is 517. The topological polar surface area (TPSA) is 29.1 Å². The minimum atomic E-state index is -0.181. The first-order valence-electron chi connectivity index (χ1n) is 5.30. The highest BCUT2D eigenvalue weighted by atomic mass is 35.5. The molecule has 0 bridgehead atoms. The van der Waals surface area contributed by atoms with Crippen LogP contribution in [-0.4, -0.2) is 5.91 Å². The van der Waals surface area contributed by atoms with Crippen LogP contribution in [0.25, 0.3) is 0 Å². The minimum absolute atomic E-state index is 0.181. The van der Waals surface area contributed by atoms with E-state index >= 15 is 0 Å². The Balaban J connectivity index is 2.27. The van der Waals surface area contributed by atoms with Crippen molar-refractivity contribution >= 4 is 23.2 Å². The first kappa shape index (κ1) is 11.7. The Morgan fingerprint density at radius 3 is 2.41 bits per heavy atom. The van der Waals surface area contributed by atoms with Crippen molar-refractivity contribution < 1.29 is 4.79 Å². The maximum Gasteiger partial charge on any atom is 0.257 e. The molecule has 17 heavy (non-hydrogen) atoms. The highest BCUT2D eigenvalue weighted by Gasteiger charge is 2.12. The molecule has 3 heteroatoms. The Hall–Kier alpha value is -1.80. The van der Waals surface area contributed by atoms with Crippen molar-refractivity contribution in [3.8, 4) is 0 Å². The Labute approximate surface area is 105 Å². The second kappa shape index (κ2) is 5.02. The van der Waals surface area contributed by atoms with E-state index in [1.54, 1.807) is 6.07 Å². The molecule has 0 fully saturated rings. The van der Waals surface area contributed by atoms with E-state index in [2.05, 4.69) is 5.32 Å². The molecule has 0 atom stereocenters. The molecule has 2 rings (SSSR count). The van der Waals surface area contributed by atoms with Gasteiger partial charge in [0.2, 0.25) is 0 Å². The van der Waals surface area contributed by atoms with Gasteiger partial charge in [0.25, 0.3) is 5.91 Å². The van der Waals surface area contributed by atoms with Crippen molar-refractivity contribution in [2.75, 3.05) is 5.32 Å². The summed E-state index contributed by atoms with van der Waals surface area (Å²) in [5.74, 6) is -0.181. The van der Waals surface area contributed by atoms with E-state index in [1.807, 2.05) is 49.4 Å². The number of para-hydroxylation sites is 1. The summed E-state index contributed by atoms with van der Waals surface area (Å²) in [6, 6.07) is 14.7. The summed E-state index contributed by atoms with van der Waals surface area (Å²) >= 11 is 6.03. The summed E-state index contributed by atoms with van der Waals surface area (Å²) in [6.07, 6.45) is 0. The summed E-state index contributed by atoms with van der Waals surface area (Å²) in [5, 5.41) is 3.29. The smallest absolute Gasteiger partial charge is 0.257 e. The lowest BCUT2D eigenvalue weighted by Crippen LogP contribution is -2.13. The third kappa shape index (κ3) is 2.66. The van der Waals surface area contributed by atoms with Gasteiger partial charge < -0.3 is 5.32 Å². The molecule has 0 unspecified atom stereocenters. The fourth-order valence-electron chi connectivity index (χ4n) is 1.63. The number of anilines is 1. The molecule has 0 heterocycles. The maximum absolute atomic E-state index is 12.1. The molecule has 2 aromatic carbocycles. The third-order valence-corrected chi connectivity index (χ3v) is 2.80. The lowest BCUT2D eigenvalue weighted by atomic mass is 10.1. The van der Waals surface area contributed by atoms with Gasteiger partial charge in [-0.2, -0.15) is 0 Å². The van der Waals surface area contributed by atoms with E-state index in [0.29, 0.717) is 10.6 Å². The van der Waals surface area contributed by atoms with Gasteiger partial charge in [-0.1, -0.05) is 41.9 Å². The van der Waals surface area contributed by atoms with Gasteiger partial charge in [-0.3, -0.25) is 4.79 Å². The molecule has 1 N–H and O–H groups in total. The predicted octanol–water partition coefficient (Wildman–Crippen LogP) is 3.90. The van der Waals surface area contributed by atoms with Gasteiger partial charge in [0, 0.05) is 5.69 Å². The Morgan fingerprint density at radius 1 is 1.06 bits per heavy atom. The lowest BCUT2D eigenvalue weighted by molar-refractivity contribution is 0.102. The normalized spacial score (nSPS) is 10.0. The van der Waals surface area contributed by atoms with Crippen LogP contribution in [0.1, 0.15) is 15.9 Å². The standard InChI is InChI=1S/C14H12ClNO/c1-10-6-5-9-12(15)13(10)14(17)16-11-7-3-2-4-8-11/h2-9H,1H3,(H,16,17). The predicted molar refractivity (Wildman–Crippen MR) is 70.6 cm³/mol. The van der Waals surface area contributed by atoms with Gasteiger partial charge in [0.05, 0.1) is 10.6 Å². The molecule has 0 aromatic heterocycles. The molecule has 0 spiro atoms. The molecule has 2 aromatic rings. The molecule has 0 saturated heterocycles. The van der Waals surface area contributed by atoms with Crippen LogP contribution in [0.4, 0.5) is 5.69 Å². The van der Waals surface area contributed by atoms with Crippen LogP contribution in [0.15, 0.2) is 48.5 Å². The van der Waals surface area contributed by atoms with E-state index < -0.39 is 0 Å². The van der Waals surface area contributed by atoms with Gasteiger partial charge in [0.1, 0.15) is 0 Å². The SMILES string of the molecule is Cc1cccc(Cl)c1C(=O)Nc1ccccc1. The van der Waals surface area contributed by atoms with Crippen molar-refractivity contribution in [1.29, 1.82) is 0 Å². The van der Waals surface area contributed by atoms with Crippen LogP contribution in [0, 0.1) is 6.92 Å². The molecular formula is C14H12ClNO. The number of rotatable bonds is 2. The number of hydrogen-bond acceptors (Lipinski definition) is 1. The molecule has 0 aliphatic carbocycles. The molecule has 1 amide bonds. The van der Waals surface area contributed by atoms with Crippen LogP contribution in [-0.2, 0) is 0 Å². The Morgan fingerprint density at radius 2 is 1.76 bits per heavy atom. The number of aryl methyl sites for hydroxylation is 1.